The zero-order chi connectivity index (χ0) is 17.9. The van der Waals surface area contributed by atoms with E-state index in [1.54, 1.807) is 0 Å². The average Bonchev–Trinajstić information content (AvgIpc) is 2.57. The van der Waals surface area contributed by atoms with Gasteiger partial charge in [0.2, 0.25) is 0 Å². The van der Waals surface area contributed by atoms with Crippen LogP contribution in [0.25, 0.3) is 10.8 Å². The van der Waals surface area contributed by atoms with Crippen LogP contribution in [0.2, 0.25) is 0 Å². The lowest BCUT2D eigenvalue weighted by molar-refractivity contribution is -0.126. The molecule has 0 saturated carbocycles. The number of rotatable bonds is 4. The smallest absolute Gasteiger partial charge is 0.261 e. The summed E-state index contributed by atoms with van der Waals surface area (Å²) < 4.78 is 5.37. The van der Waals surface area contributed by atoms with Crippen LogP contribution < -0.4 is 4.90 Å². The van der Waals surface area contributed by atoms with Gasteiger partial charge in [-0.25, -0.2) is 0 Å². The molecule has 0 atom stereocenters. The molecule has 0 aromatic heterocycles. The second kappa shape index (κ2) is 5.55. The van der Waals surface area contributed by atoms with Crippen molar-refractivity contribution in [2.24, 2.45) is 5.41 Å². The van der Waals surface area contributed by atoms with Crippen molar-refractivity contribution >= 4 is 28.3 Å². The fraction of sp³-hybridized carbons (Fsp3) is 0.429. The van der Waals surface area contributed by atoms with E-state index in [0.717, 1.165) is 55.6 Å². The largest absolute Gasteiger partial charge is 0.380 e. The summed E-state index contributed by atoms with van der Waals surface area (Å²) in [6.07, 6.45) is 1.78. The topological polar surface area (TPSA) is 49.9 Å². The number of amides is 2. The number of unbranched alkanes of at least 4 members (excludes halogenated alkanes) is 1. The zero-order valence-corrected chi connectivity index (χ0v) is 15.0. The van der Waals surface area contributed by atoms with Crippen molar-refractivity contribution in [2.45, 2.75) is 19.8 Å². The predicted molar refractivity (Wildman–Crippen MR) is 99.7 cm³/mol. The summed E-state index contributed by atoms with van der Waals surface area (Å²) in [7, 11) is 0. The first-order valence-corrected chi connectivity index (χ1v) is 9.38. The van der Waals surface area contributed by atoms with Crippen molar-refractivity contribution in [3.8, 4) is 0 Å². The Kier molecular flexibility index (Phi) is 3.38. The normalized spacial score (nSPS) is 20.5. The van der Waals surface area contributed by atoms with E-state index in [1.807, 2.05) is 30.3 Å². The molecule has 0 unspecified atom stereocenters. The molecule has 2 amide bonds. The molecule has 2 aromatic rings. The molecule has 2 saturated heterocycles. The minimum absolute atomic E-state index is 0.161. The van der Waals surface area contributed by atoms with Crippen LogP contribution in [-0.4, -0.2) is 49.6 Å². The predicted octanol–water partition coefficient (Wildman–Crippen LogP) is 3.07. The molecule has 26 heavy (non-hydrogen) atoms. The molecule has 3 aliphatic heterocycles. The van der Waals surface area contributed by atoms with E-state index in [9.17, 15) is 9.59 Å². The number of hydrogen-bond donors (Lipinski definition) is 0. The molecule has 0 bridgehead atoms. The highest BCUT2D eigenvalue weighted by Crippen LogP contribution is 2.44. The van der Waals surface area contributed by atoms with Crippen LogP contribution in [0.3, 0.4) is 0 Å². The maximum atomic E-state index is 12.9. The first-order valence-electron chi connectivity index (χ1n) is 9.38. The van der Waals surface area contributed by atoms with E-state index in [1.165, 1.54) is 4.90 Å². The zero-order valence-electron chi connectivity index (χ0n) is 15.0. The number of hydrogen-bond acceptors (Lipinski definition) is 4. The molecule has 2 fully saturated rings. The first-order chi connectivity index (χ1) is 12.6. The van der Waals surface area contributed by atoms with Crippen molar-refractivity contribution in [3.63, 3.8) is 0 Å². The average molecular weight is 350 g/mol. The van der Waals surface area contributed by atoms with Gasteiger partial charge in [0.1, 0.15) is 0 Å². The molecule has 3 aliphatic rings. The van der Waals surface area contributed by atoms with Crippen LogP contribution >= 0.6 is 0 Å². The van der Waals surface area contributed by atoms with E-state index >= 15 is 0 Å². The summed E-state index contributed by atoms with van der Waals surface area (Å²) in [6.45, 7) is 6.20. The van der Waals surface area contributed by atoms with E-state index in [4.69, 9.17) is 4.74 Å². The number of carbonyl (C=O) groups excluding carboxylic acids is 2. The van der Waals surface area contributed by atoms with E-state index in [0.29, 0.717) is 23.1 Å². The Bertz CT molecular complexity index is 902. The first kappa shape index (κ1) is 15.8. The highest BCUT2D eigenvalue weighted by Gasteiger charge is 2.49. The molecular formula is C21H22N2O3. The molecule has 0 radical (unpaired) electrons. The lowest BCUT2D eigenvalue weighted by atomic mass is 9.77. The van der Waals surface area contributed by atoms with E-state index < -0.39 is 0 Å². The van der Waals surface area contributed by atoms with Crippen LogP contribution in [0.15, 0.2) is 30.3 Å². The quantitative estimate of drug-likeness (QED) is 0.795. The van der Waals surface area contributed by atoms with Gasteiger partial charge >= 0.3 is 0 Å². The summed E-state index contributed by atoms with van der Waals surface area (Å²) in [4.78, 5) is 29.6. The number of ether oxygens (including phenoxy) is 1. The minimum atomic E-state index is -0.161. The Balaban J connectivity index is 1.58. The molecule has 5 heteroatoms. The van der Waals surface area contributed by atoms with Gasteiger partial charge in [-0.15, -0.1) is 0 Å². The number of imide groups is 1. The SMILES string of the molecule is CCCCN1C(=O)c2cccc3c(N4CC5(COC5)C4)ccc(c23)C1=O. The Morgan fingerprint density at radius 1 is 1.04 bits per heavy atom. The summed E-state index contributed by atoms with van der Waals surface area (Å²) in [5.74, 6) is -0.322. The van der Waals surface area contributed by atoms with Gasteiger partial charge in [0.25, 0.3) is 11.8 Å². The Hall–Kier alpha value is -2.40. The third-order valence-corrected chi connectivity index (χ3v) is 5.91. The van der Waals surface area contributed by atoms with Crippen LogP contribution in [0.5, 0.6) is 0 Å². The van der Waals surface area contributed by atoms with E-state index in [-0.39, 0.29) is 11.8 Å². The van der Waals surface area contributed by atoms with Crippen LogP contribution in [0.1, 0.15) is 40.5 Å². The highest BCUT2D eigenvalue weighted by molar-refractivity contribution is 6.26. The lowest BCUT2D eigenvalue weighted by Crippen LogP contribution is -2.66. The molecule has 3 heterocycles. The minimum Gasteiger partial charge on any atom is -0.380 e. The molecule has 2 aromatic carbocycles. The van der Waals surface area contributed by atoms with Gasteiger partial charge in [0.15, 0.2) is 0 Å². The highest BCUT2D eigenvalue weighted by atomic mass is 16.5. The van der Waals surface area contributed by atoms with Gasteiger partial charge in [-0.2, -0.15) is 0 Å². The van der Waals surface area contributed by atoms with Gasteiger partial charge in [-0.3, -0.25) is 14.5 Å². The Labute approximate surface area is 152 Å². The number of benzene rings is 2. The Morgan fingerprint density at radius 2 is 1.77 bits per heavy atom. The summed E-state index contributed by atoms with van der Waals surface area (Å²) in [5, 5.41) is 1.82. The van der Waals surface area contributed by atoms with Crippen LogP contribution in [0, 0.1) is 5.41 Å². The lowest BCUT2D eigenvalue weighted by Gasteiger charge is -2.56. The third-order valence-electron chi connectivity index (χ3n) is 5.91. The monoisotopic (exact) mass is 350 g/mol. The van der Waals surface area contributed by atoms with Gasteiger partial charge in [0.05, 0.1) is 18.6 Å². The van der Waals surface area contributed by atoms with E-state index in [2.05, 4.69) is 11.8 Å². The molecule has 134 valence electrons. The molecule has 0 N–H and O–H groups in total. The Morgan fingerprint density at radius 3 is 2.42 bits per heavy atom. The van der Waals surface area contributed by atoms with Crippen molar-refractivity contribution < 1.29 is 14.3 Å². The molecule has 1 spiro atoms. The number of carbonyl (C=O) groups is 2. The van der Waals surface area contributed by atoms with Gasteiger partial charge in [-0.05, 0) is 24.6 Å². The van der Waals surface area contributed by atoms with Gasteiger partial charge in [-0.1, -0.05) is 25.5 Å². The van der Waals surface area contributed by atoms with Gasteiger partial charge in [0, 0.05) is 47.2 Å². The second-order valence-electron chi connectivity index (χ2n) is 7.82. The molecule has 5 rings (SSSR count). The summed E-state index contributed by atoms with van der Waals surface area (Å²) >= 11 is 0. The maximum Gasteiger partial charge on any atom is 0.261 e. The molecule has 0 aliphatic carbocycles. The fourth-order valence-corrected chi connectivity index (χ4v) is 4.43. The van der Waals surface area contributed by atoms with Gasteiger partial charge < -0.3 is 9.64 Å². The van der Waals surface area contributed by atoms with Crippen LogP contribution in [0.4, 0.5) is 5.69 Å². The summed E-state index contributed by atoms with van der Waals surface area (Å²) in [5.41, 5.74) is 2.74. The van der Waals surface area contributed by atoms with Crippen molar-refractivity contribution in [3.05, 3.63) is 41.5 Å². The standard InChI is InChI=1S/C21H22N2O3/c1-2-3-9-23-19(24)15-6-4-5-14-17(8-7-16(18(14)15)20(23)25)22-10-21(11-22)12-26-13-21/h4-8H,2-3,9-13H2,1H3. The molecule has 5 nitrogen and oxygen atoms in total. The van der Waals surface area contributed by atoms with Crippen molar-refractivity contribution in [1.29, 1.82) is 0 Å². The van der Waals surface area contributed by atoms with Crippen molar-refractivity contribution in [1.82, 2.24) is 4.90 Å². The molecular weight excluding hydrogens is 328 g/mol. The summed E-state index contributed by atoms with van der Waals surface area (Å²) in [6, 6.07) is 9.75. The van der Waals surface area contributed by atoms with Crippen LogP contribution in [-0.2, 0) is 4.74 Å². The fourth-order valence-electron chi connectivity index (χ4n) is 4.43. The van der Waals surface area contributed by atoms with Crippen molar-refractivity contribution in [2.75, 3.05) is 37.7 Å². The third kappa shape index (κ3) is 2.07. The number of anilines is 1. The number of nitrogens with zero attached hydrogens (tertiary/aromatic N) is 2. The second-order valence-corrected chi connectivity index (χ2v) is 7.82. The maximum absolute atomic E-state index is 12.9.